The first-order valence-electron chi connectivity index (χ1n) is 7.91. The Balaban J connectivity index is 1.49. The molecule has 1 N–H and O–H groups in total. The first-order valence-corrected chi connectivity index (χ1v) is 9.07. The maximum atomic E-state index is 12.0. The quantitative estimate of drug-likeness (QED) is 0.715. The Morgan fingerprint density at radius 2 is 2.08 bits per heavy atom. The van der Waals surface area contributed by atoms with Gasteiger partial charge in [0.2, 0.25) is 17.6 Å². The van der Waals surface area contributed by atoms with Gasteiger partial charge in [-0.15, -0.1) is 11.8 Å². The van der Waals surface area contributed by atoms with E-state index >= 15 is 0 Å². The number of carbonyl (C=O) groups excluding carboxylic acids is 1. The van der Waals surface area contributed by atoms with Crippen LogP contribution in [-0.2, 0) is 10.5 Å². The summed E-state index contributed by atoms with van der Waals surface area (Å²) in [5.74, 6) is 1.57. The summed E-state index contributed by atoms with van der Waals surface area (Å²) in [6.45, 7) is 2.02. The van der Waals surface area contributed by atoms with E-state index < -0.39 is 0 Å². The van der Waals surface area contributed by atoms with Gasteiger partial charge in [0.25, 0.3) is 0 Å². The van der Waals surface area contributed by atoms with Crippen molar-refractivity contribution in [3.63, 3.8) is 0 Å². The largest absolute Gasteiger partial charge is 0.338 e. The molecule has 0 aliphatic rings. The number of hydrogen-bond donors (Lipinski definition) is 1. The highest BCUT2D eigenvalue weighted by Gasteiger charge is 2.10. The second-order valence-electron chi connectivity index (χ2n) is 5.61. The number of rotatable bonds is 6. The van der Waals surface area contributed by atoms with Crippen LogP contribution in [0.2, 0.25) is 0 Å². The van der Waals surface area contributed by atoms with Gasteiger partial charge in [-0.3, -0.25) is 4.79 Å². The predicted octanol–water partition coefficient (Wildman–Crippen LogP) is 3.79. The fourth-order valence-electron chi connectivity index (χ4n) is 2.23. The van der Waals surface area contributed by atoms with Crippen molar-refractivity contribution in [2.75, 3.05) is 11.1 Å². The zero-order chi connectivity index (χ0) is 18.4. The Bertz CT molecular complexity index is 945. The molecule has 3 rings (SSSR count). The summed E-state index contributed by atoms with van der Waals surface area (Å²) in [6, 6.07) is 16.7. The highest BCUT2D eigenvalue weighted by atomic mass is 32.2. The molecule has 2 aromatic carbocycles. The van der Waals surface area contributed by atoms with Gasteiger partial charge in [0.15, 0.2) is 0 Å². The zero-order valence-electron chi connectivity index (χ0n) is 14.1. The number of amides is 1. The molecule has 0 aliphatic heterocycles. The molecule has 0 saturated carbocycles. The van der Waals surface area contributed by atoms with Crippen molar-refractivity contribution in [2.45, 2.75) is 12.7 Å². The number of thioether (sulfide) groups is 1. The highest BCUT2D eigenvalue weighted by molar-refractivity contribution is 7.99. The summed E-state index contributed by atoms with van der Waals surface area (Å²) in [6.07, 6.45) is 0. The maximum Gasteiger partial charge on any atom is 0.236 e. The molecular formula is C19H16N4O2S. The van der Waals surface area contributed by atoms with Gasteiger partial charge in [-0.2, -0.15) is 10.2 Å². The number of aryl methyl sites for hydroxylation is 1. The van der Waals surface area contributed by atoms with Gasteiger partial charge in [0.05, 0.1) is 23.1 Å². The molecule has 7 heteroatoms. The molecule has 6 nitrogen and oxygen atoms in total. The van der Waals surface area contributed by atoms with Gasteiger partial charge in [-0.05, 0) is 25.1 Å². The van der Waals surface area contributed by atoms with E-state index in [1.165, 1.54) is 17.3 Å². The van der Waals surface area contributed by atoms with Crippen molar-refractivity contribution in [3.05, 3.63) is 65.5 Å². The van der Waals surface area contributed by atoms with Gasteiger partial charge >= 0.3 is 0 Å². The van der Waals surface area contributed by atoms with Crippen LogP contribution in [0.15, 0.2) is 53.1 Å². The average Bonchev–Trinajstić information content (AvgIpc) is 3.11. The molecular weight excluding hydrogens is 348 g/mol. The van der Waals surface area contributed by atoms with Crippen LogP contribution in [0.1, 0.15) is 17.0 Å². The van der Waals surface area contributed by atoms with Crippen LogP contribution >= 0.6 is 11.8 Å². The normalized spacial score (nSPS) is 10.3. The molecule has 3 aromatic rings. The van der Waals surface area contributed by atoms with Crippen LogP contribution in [-0.4, -0.2) is 21.8 Å². The molecule has 0 spiro atoms. The first kappa shape index (κ1) is 17.7. The van der Waals surface area contributed by atoms with Crippen molar-refractivity contribution >= 4 is 23.4 Å². The van der Waals surface area contributed by atoms with Crippen LogP contribution < -0.4 is 5.32 Å². The Labute approximate surface area is 155 Å². The molecule has 0 atom stereocenters. The van der Waals surface area contributed by atoms with Crippen molar-refractivity contribution in [2.24, 2.45) is 0 Å². The lowest BCUT2D eigenvalue weighted by atomic mass is 10.1. The Morgan fingerprint density at radius 3 is 2.85 bits per heavy atom. The van der Waals surface area contributed by atoms with Crippen LogP contribution in [0, 0.1) is 18.3 Å². The van der Waals surface area contributed by atoms with E-state index in [0.717, 1.165) is 5.56 Å². The number of benzene rings is 2. The zero-order valence-corrected chi connectivity index (χ0v) is 14.9. The number of nitriles is 1. The Morgan fingerprint density at radius 1 is 1.27 bits per heavy atom. The van der Waals surface area contributed by atoms with Gasteiger partial charge in [0.1, 0.15) is 0 Å². The van der Waals surface area contributed by atoms with E-state index in [1.54, 1.807) is 24.3 Å². The molecule has 0 bridgehead atoms. The summed E-state index contributed by atoms with van der Waals surface area (Å²) < 4.78 is 5.23. The van der Waals surface area contributed by atoms with E-state index in [2.05, 4.69) is 15.5 Å². The van der Waals surface area contributed by atoms with Gasteiger partial charge in [-0.25, -0.2) is 0 Å². The Kier molecular flexibility index (Phi) is 5.66. The van der Waals surface area contributed by atoms with E-state index in [9.17, 15) is 4.79 Å². The second-order valence-corrected chi connectivity index (χ2v) is 6.60. The number of aromatic nitrogens is 2. The molecule has 0 saturated heterocycles. The van der Waals surface area contributed by atoms with Crippen molar-refractivity contribution < 1.29 is 9.32 Å². The summed E-state index contributed by atoms with van der Waals surface area (Å²) in [4.78, 5) is 16.3. The fraction of sp³-hybridized carbons (Fsp3) is 0.158. The fourth-order valence-corrected chi connectivity index (χ4v) is 2.88. The SMILES string of the molecule is Cc1ccc(-c2noc(CSCC(=O)Nc3cccc(C#N)c3)n2)cc1. The minimum Gasteiger partial charge on any atom is -0.338 e. The molecule has 130 valence electrons. The average molecular weight is 364 g/mol. The van der Waals surface area contributed by atoms with Crippen molar-refractivity contribution in [1.29, 1.82) is 5.26 Å². The van der Waals surface area contributed by atoms with E-state index in [-0.39, 0.29) is 11.7 Å². The number of hydrogen-bond acceptors (Lipinski definition) is 6. The molecule has 1 heterocycles. The number of nitrogens with zero attached hydrogens (tertiary/aromatic N) is 3. The van der Waals surface area contributed by atoms with Crippen molar-refractivity contribution in [3.8, 4) is 17.5 Å². The lowest BCUT2D eigenvalue weighted by Crippen LogP contribution is -2.14. The molecule has 0 unspecified atom stereocenters. The van der Waals surface area contributed by atoms with Gasteiger partial charge < -0.3 is 9.84 Å². The molecule has 0 radical (unpaired) electrons. The molecule has 1 amide bonds. The summed E-state index contributed by atoms with van der Waals surface area (Å²) in [7, 11) is 0. The second kappa shape index (κ2) is 8.32. The van der Waals surface area contributed by atoms with Gasteiger partial charge in [-0.1, -0.05) is 41.1 Å². The molecule has 0 aliphatic carbocycles. The molecule has 26 heavy (non-hydrogen) atoms. The lowest BCUT2D eigenvalue weighted by molar-refractivity contribution is -0.113. The summed E-state index contributed by atoms with van der Waals surface area (Å²) in [5.41, 5.74) is 3.17. The molecule has 1 aromatic heterocycles. The first-order chi connectivity index (χ1) is 12.6. The third-order valence-corrected chi connectivity index (χ3v) is 4.43. The minimum atomic E-state index is -0.150. The van der Waals surface area contributed by atoms with Crippen LogP contribution in [0.3, 0.4) is 0 Å². The maximum absolute atomic E-state index is 12.0. The number of carbonyl (C=O) groups is 1. The predicted molar refractivity (Wildman–Crippen MR) is 100 cm³/mol. The van der Waals surface area contributed by atoms with E-state index in [0.29, 0.717) is 28.7 Å². The topological polar surface area (TPSA) is 91.8 Å². The highest BCUT2D eigenvalue weighted by Crippen LogP contribution is 2.19. The monoisotopic (exact) mass is 364 g/mol. The molecule has 0 fully saturated rings. The standard InChI is InChI=1S/C19H16N4O2S/c1-13-5-7-15(8-6-13)19-22-18(25-23-19)12-26-11-17(24)21-16-4-2-3-14(9-16)10-20/h2-9H,11-12H2,1H3,(H,21,24). The smallest absolute Gasteiger partial charge is 0.236 e. The van der Waals surface area contributed by atoms with E-state index in [1.807, 2.05) is 37.3 Å². The lowest BCUT2D eigenvalue weighted by Gasteiger charge is -2.04. The minimum absolute atomic E-state index is 0.150. The summed E-state index contributed by atoms with van der Waals surface area (Å²) in [5, 5.41) is 15.6. The number of anilines is 1. The third-order valence-electron chi connectivity index (χ3n) is 3.51. The van der Waals surface area contributed by atoms with Crippen LogP contribution in [0.4, 0.5) is 5.69 Å². The third kappa shape index (κ3) is 4.71. The van der Waals surface area contributed by atoms with E-state index in [4.69, 9.17) is 9.78 Å². The van der Waals surface area contributed by atoms with Crippen LogP contribution in [0.5, 0.6) is 0 Å². The van der Waals surface area contributed by atoms with Crippen molar-refractivity contribution in [1.82, 2.24) is 10.1 Å². The van der Waals surface area contributed by atoms with Crippen LogP contribution in [0.25, 0.3) is 11.4 Å². The summed E-state index contributed by atoms with van der Waals surface area (Å²) >= 11 is 1.38. The van der Waals surface area contributed by atoms with Gasteiger partial charge in [0, 0.05) is 11.3 Å². The number of nitrogens with one attached hydrogen (secondary N) is 1. The Hall–Kier alpha value is -3.11.